The van der Waals surface area contributed by atoms with Crippen molar-refractivity contribution in [2.45, 2.75) is 51.6 Å². The fourth-order valence-electron chi connectivity index (χ4n) is 2.07. The molecule has 3 nitrogen and oxygen atoms in total. The first kappa shape index (κ1) is 10.7. The monoisotopic (exact) mass is 207 g/mol. The van der Waals surface area contributed by atoms with Crippen LogP contribution in [-0.4, -0.2) is 15.6 Å². The Hall–Kier alpha value is -0.830. The molecule has 1 aromatic heterocycles. The molecule has 0 aliphatic heterocycles. The molecular formula is C12H21N3. The van der Waals surface area contributed by atoms with Gasteiger partial charge in [0.1, 0.15) is 5.82 Å². The molecule has 0 bridgehead atoms. The summed E-state index contributed by atoms with van der Waals surface area (Å²) in [6, 6.07) is 0.301. The molecule has 0 saturated heterocycles. The van der Waals surface area contributed by atoms with Crippen molar-refractivity contribution in [2.75, 3.05) is 0 Å². The third-order valence-corrected chi connectivity index (χ3v) is 3.04. The van der Waals surface area contributed by atoms with Gasteiger partial charge in [0, 0.05) is 31.4 Å². The average molecular weight is 207 g/mol. The van der Waals surface area contributed by atoms with Crippen molar-refractivity contribution in [1.82, 2.24) is 9.55 Å². The summed E-state index contributed by atoms with van der Waals surface area (Å²) in [6.07, 6.45) is 9.98. The lowest BCUT2D eigenvalue weighted by Crippen LogP contribution is -2.25. The van der Waals surface area contributed by atoms with Crippen LogP contribution in [0.3, 0.4) is 0 Å². The van der Waals surface area contributed by atoms with Crippen LogP contribution in [0.4, 0.5) is 0 Å². The highest BCUT2D eigenvalue weighted by atomic mass is 15.1. The Kier molecular flexibility index (Phi) is 3.41. The van der Waals surface area contributed by atoms with Crippen LogP contribution in [0.1, 0.15) is 38.4 Å². The van der Waals surface area contributed by atoms with E-state index in [-0.39, 0.29) is 0 Å². The number of nitrogens with two attached hydrogens (primary N) is 1. The first-order valence-corrected chi connectivity index (χ1v) is 6.05. The molecule has 1 aliphatic rings. The molecule has 1 atom stereocenters. The minimum Gasteiger partial charge on any atom is -0.335 e. The molecule has 2 rings (SSSR count). The highest BCUT2D eigenvalue weighted by Gasteiger charge is 2.24. The lowest BCUT2D eigenvalue weighted by molar-refractivity contribution is 0.531. The number of aryl methyl sites for hydroxylation is 1. The van der Waals surface area contributed by atoms with E-state index in [2.05, 4.69) is 22.7 Å². The number of nitrogens with zero attached hydrogens (tertiary/aromatic N) is 2. The van der Waals surface area contributed by atoms with Crippen LogP contribution in [0.2, 0.25) is 0 Å². The maximum Gasteiger partial charge on any atom is 0.110 e. The van der Waals surface area contributed by atoms with Gasteiger partial charge in [0.2, 0.25) is 0 Å². The standard InChI is InChI=1S/C12H21N3/c1-2-6-15-7-5-14-12(15)9-11(13)8-10-3-4-10/h5,7,10-11H,2-4,6,8-9,13H2,1H3. The minimum absolute atomic E-state index is 0.301. The Morgan fingerprint density at radius 2 is 2.40 bits per heavy atom. The van der Waals surface area contributed by atoms with E-state index in [1.54, 1.807) is 0 Å². The van der Waals surface area contributed by atoms with Crippen LogP contribution in [0.15, 0.2) is 12.4 Å². The zero-order valence-electron chi connectivity index (χ0n) is 9.52. The summed E-state index contributed by atoms with van der Waals surface area (Å²) in [6.45, 7) is 3.25. The zero-order chi connectivity index (χ0) is 10.7. The number of hydrogen-bond donors (Lipinski definition) is 1. The van der Waals surface area contributed by atoms with Crippen molar-refractivity contribution in [3.05, 3.63) is 18.2 Å². The third-order valence-electron chi connectivity index (χ3n) is 3.04. The number of rotatable bonds is 6. The topological polar surface area (TPSA) is 43.8 Å². The summed E-state index contributed by atoms with van der Waals surface area (Å²) in [5.74, 6) is 2.07. The number of imidazole rings is 1. The Balaban J connectivity index is 1.87. The number of hydrogen-bond acceptors (Lipinski definition) is 2. The predicted octanol–water partition coefficient (Wildman–Crippen LogP) is 1.96. The lowest BCUT2D eigenvalue weighted by Gasteiger charge is -2.12. The van der Waals surface area contributed by atoms with E-state index in [1.165, 1.54) is 19.3 Å². The van der Waals surface area contributed by atoms with Crippen LogP contribution in [-0.2, 0) is 13.0 Å². The molecule has 1 aromatic rings. The van der Waals surface area contributed by atoms with Crippen molar-refractivity contribution in [3.8, 4) is 0 Å². The normalized spacial score (nSPS) is 18.0. The molecule has 0 radical (unpaired) electrons. The maximum absolute atomic E-state index is 6.12. The van der Waals surface area contributed by atoms with Gasteiger partial charge >= 0.3 is 0 Å². The van der Waals surface area contributed by atoms with Gasteiger partial charge in [0.25, 0.3) is 0 Å². The van der Waals surface area contributed by atoms with Crippen molar-refractivity contribution in [2.24, 2.45) is 11.7 Å². The fraction of sp³-hybridized carbons (Fsp3) is 0.750. The van der Waals surface area contributed by atoms with Gasteiger partial charge in [-0.3, -0.25) is 0 Å². The van der Waals surface area contributed by atoms with Crippen molar-refractivity contribution in [1.29, 1.82) is 0 Å². The maximum atomic E-state index is 6.12. The second-order valence-corrected chi connectivity index (χ2v) is 4.68. The molecule has 1 heterocycles. The SMILES string of the molecule is CCCn1ccnc1CC(N)CC1CC1. The summed E-state index contributed by atoms with van der Waals surface area (Å²) in [5.41, 5.74) is 6.12. The van der Waals surface area contributed by atoms with Gasteiger partial charge < -0.3 is 10.3 Å². The Morgan fingerprint density at radius 3 is 3.07 bits per heavy atom. The van der Waals surface area contributed by atoms with Gasteiger partial charge in [-0.1, -0.05) is 19.8 Å². The molecule has 2 N–H and O–H groups in total. The fourth-order valence-corrected chi connectivity index (χ4v) is 2.07. The van der Waals surface area contributed by atoms with E-state index in [0.717, 1.165) is 31.1 Å². The largest absolute Gasteiger partial charge is 0.335 e. The molecule has 1 unspecified atom stereocenters. The summed E-state index contributed by atoms with van der Waals surface area (Å²) in [5, 5.41) is 0. The van der Waals surface area contributed by atoms with Gasteiger partial charge in [-0.2, -0.15) is 0 Å². The zero-order valence-corrected chi connectivity index (χ0v) is 9.52. The summed E-state index contributed by atoms with van der Waals surface area (Å²) in [7, 11) is 0. The molecule has 1 aliphatic carbocycles. The van der Waals surface area contributed by atoms with E-state index in [1.807, 2.05) is 6.20 Å². The van der Waals surface area contributed by atoms with Crippen molar-refractivity contribution >= 4 is 0 Å². The van der Waals surface area contributed by atoms with Gasteiger partial charge in [0.05, 0.1) is 0 Å². The van der Waals surface area contributed by atoms with Crippen LogP contribution in [0, 0.1) is 5.92 Å². The summed E-state index contributed by atoms with van der Waals surface area (Å²) in [4.78, 5) is 4.39. The Bertz CT molecular complexity index is 302. The van der Waals surface area contributed by atoms with E-state index in [4.69, 9.17) is 5.73 Å². The van der Waals surface area contributed by atoms with Crippen molar-refractivity contribution in [3.63, 3.8) is 0 Å². The first-order chi connectivity index (χ1) is 7.29. The smallest absolute Gasteiger partial charge is 0.110 e. The van der Waals surface area contributed by atoms with Crippen LogP contribution >= 0.6 is 0 Å². The summed E-state index contributed by atoms with van der Waals surface area (Å²) < 4.78 is 2.23. The van der Waals surface area contributed by atoms with Crippen LogP contribution in [0.5, 0.6) is 0 Å². The molecule has 15 heavy (non-hydrogen) atoms. The van der Waals surface area contributed by atoms with E-state index < -0.39 is 0 Å². The lowest BCUT2D eigenvalue weighted by atomic mass is 10.1. The van der Waals surface area contributed by atoms with Gasteiger partial charge in [-0.15, -0.1) is 0 Å². The van der Waals surface area contributed by atoms with E-state index >= 15 is 0 Å². The second kappa shape index (κ2) is 4.79. The highest BCUT2D eigenvalue weighted by Crippen LogP contribution is 2.33. The molecule has 1 fully saturated rings. The molecule has 3 heteroatoms. The predicted molar refractivity (Wildman–Crippen MR) is 61.5 cm³/mol. The first-order valence-electron chi connectivity index (χ1n) is 6.05. The molecule has 1 saturated carbocycles. The molecular weight excluding hydrogens is 186 g/mol. The van der Waals surface area contributed by atoms with Gasteiger partial charge in [-0.25, -0.2) is 4.98 Å². The highest BCUT2D eigenvalue weighted by molar-refractivity contribution is 4.96. The van der Waals surface area contributed by atoms with E-state index in [0.29, 0.717) is 6.04 Å². The minimum atomic E-state index is 0.301. The van der Waals surface area contributed by atoms with Crippen LogP contribution in [0.25, 0.3) is 0 Å². The Labute approximate surface area is 91.7 Å². The Morgan fingerprint density at radius 1 is 1.60 bits per heavy atom. The molecule has 0 aromatic carbocycles. The third kappa shape index (κ3) is 3.06. The van der Waals surface area contributed by atoms with Gasteiger partial charge in [0.15, 0.2) is 0 Å². The second-order valence-electron chi connectivity index (χ2n) is 4.68. The van der Waals surface area contributed by atoms with Gasteiger partial charge in [-0.05, 0) is 18.8 Å². The average Bonchev–Trinajstić information content (AvgIpc) is 2.90. The molecule has 0 amide bonds. The van der Waals surface area contributed by atoms with E-state index in [9.17, 15) is 0 Å². The molecule has 0 spiro atoms. The number of aromatic nitrogens is 2. The molecule has 84 valence electrons. The summed E-state index contributed by atoms with van der Waals surface area (Å²) >= 11 is 0. The quantitative estimate of drug-likeness (QED) is 0.775. The van der Waals surface area contributed by atoms with Crippen LogP contribution < -0.4 is 5.73 Å². The van der Waals surface area contributed by atoms with Crippen molar-refractivity contribution < 1.29 is 0 Å².